The molecule has 0 spiro atoms. The number of esters is 1. The monoisotopic (exact) mass is 732 g/mol. The van der Waals surface area contributed by atoms with Gasteiger partial charge in [-0.25, -0.2) is 10.2 Å². The van der Waals surface area contributed by atoms with Crippen LogP contribution in [0.25, 0.3) is 10.1 Å². The molecule has 2 N–H and O–H groups in total. The Hall–Kier alpha value is -6.19. The summed E-state index contributed by atoms with van der Waals surface area (Å²) in [4.78, 5) is 49.5. The van der Waals surface area contributed by atoms with Crippen molar-refractivity contribution in [3.63, 3.8) is 0 Å². The third kappa shape index (κ3) is 8.17. The lowest BCUT2D eigenvalue weighted by Gasteiger charge is -2.15. The van der Waals surface area contributed by atoms with Crippen LogP contribution in [0.1, 0.15) is 42.9 Å². The zero-order valence-electron chi connectivity index (χ0n) is 27.5. The highest BCUT2D eigenvalue weighted by atomic mass is 35.5. The van der Waals surface area contributed by atoms with E-state index in [1.165, 1.54) is 88.2 Å². The van der Waals surface area contributed by atoms with Gasteiger partial charge in [0, 0.05) is 33.5 Å². The molecule has 5 rings (SSSR count). The van der Waals surface area contributed by atoms with Crippen molar-refractivity contribution in [2.45, 2.75) is 6.92 Å². The number of nitro benzene ring substituents is 1. The molecule has 51 heavy (non-hydrogen) atoms. The van der Waals surface area contributed by atoms with E-state index in [1.54, 1.807) is 19.1 Å². The highest BCUT2D eigenvalue weighted by molar-refractivity contribution is 7.21. The minimum absolute atomic E-state index is 0.105. The summed E-state index contributed by atoms with van der Waals surface area (Å²) in [6.45, 7) is 2.06. The molecule has 2 amide bonds. The van der Waals surface area contributed by atoms with E-state index in [0.717, 1.165) is 11.3 Å². The van der Waals surface area contributed by atoms with E-state index in [4.69, 9.17) is 35.3 Å². The molecule has 0 aliphatic heterocycles. The first-order valence-corrected chi connectivity index (χ1v) is 16.2. The van der Waals surface area contributed by atoms with Crippen LogP contribution >= 0.6 is 22.9 Å². The number of methoxy groups -OCH3 is 3. The van der Waals surface area contributed by atoms with Gasteiger partial charge in [-0.2, -0.15) is 5.10 Å². The summed E-state index contributed by atoms with van der Waals surface area (Å²) < 4.78 is 27.8. The molecule has 0 aliphatic rings. The van der Waals surface area contributed by atoms with Crippen molar-refractivity contribution in [2.75, 3.05) is 33.3 Å². The summed E-state index contributed by atoms with van der Waals surface area (Å²) in [6.07, 6.45) is 1.39. The van der Waals surface area contributed by atoms with E-state index in [9.17, 15) is 24.5 Å². The van der Waals surface area contributed by atoms with Crippen molar-refractivity contribution < 1.29 is 43.0 Å². The van der Waals surface area contributed by atoms with E-state index in [1.807, 2.05) is 0 Å². The van der Waals surface area contributed by atoms with Gasteiger partial charge in [-0.15, -0.1) is 11.3 Å². The second-order valence-electron chi connectivity index (χ2n) is 10.4. The second kappa shape index (κ2) is 16.0. The number of ether oxygens (including phenoxy) is 5. The topological polar surface area (TPSA) is 177 Å². The number of carbonyl (C=O) groups is 3. The van der Waals surface area contributed by atoms with Crippen molar-refractivity contribution in [3.8, 4) is 28.7 Å². The lowest BCUT2D eigenvalue weighted by atomic mass is 10.1. The first kappa shape index (κ1) is 36.1. The smallest absolute Gasteiger partial charge is 0.343 e. The summed E-state index contributed by atoms with van der Waals surface area (Å²) >= 11 is 7.42. The normalized spacial score (nSPS) is 10.8. The van der Waals surface area contributed by atoms with Crippen LogP contribution in [0.5, 0.6) is 28.7 Å². The van der Waals surface area contributed by atoms with Gasteiger partial charge in [0.15, 0.2) is 23.0 Å². The van der Waals surface area contributed by atoms with Gasteiger partial charge in [-0.3, -0.25) is 19.7 Å². The summed E-state index contributed by atoms with van der Waals surface area (Å²) in [5, 5.41) is 18.6. The van der Waals surface area contributed by atoms with Crippen LogP contribution in [-0.4, -0.2) is 56.9 Å². The van der Waals surface area contributed by atoms with Gasteiger partial charge in [0.25, 0.3) is 17.5 Å². The van der Waals surface area contributed by atoms with E-state index < -0.39 is 22.7 Å². The van der Waals surface area contributed by atoms with E-state index in [2.05, 4.69) is 15.8 Å². The number of amides is 2. The number of nitrogens with zero attached hydrogens (tertiary/aromatic N) is 2. The van der Waals surface area contributed by atoms with Crippen LogP contribution in [0.2, 0.25) is 5.02 Å². The molecule has 0 saturated heterocycles. The molecule has 0 bridgehead atoms. The van der Waals surface area contributed by atoms with E-state index in [-0.39, 0.29) is 56.3 Å². The Morgan fingerprint density at radius 1 is 0.863 bits per heavy atom. The molecule has 16 heteroatoms. The van der Waals surface area contributed by atoms with Crippen LogP contribution in [0.15, 0.2) is 77.9 Å². The quantitative estimate of drug-likeness (QED) is 0.0416. The average Bonchev–Trinajstić information content (AvgIpc) is 3.47. The molecular formula is C35H29ClN4O10S. The molecule has 14 nitrogen and oxygen atoms in total. The van der Waals surface area contributed by atoms with Crippen molar-refractivity contribution in [1.29, 1.82) is 0 Å². The summed E-state index contributed by atoms with van der Waals surface area (Å²) in [6, 6.07) is 18.0. The van der Waals surface area contributed by atoms with Crippen LogP contribution in [0.3, 0.4) is 0 Å². The molecule has 5 aromatic rings. The Balaban J connectivity index is 1.21. The van der Waals surface area contributed by atoms with Crippen molar-refractivity contribution in [2.24, 2.45) is 5.10 Å². The molecule has 1 aromatic heterocycles. The average molecular weight is 733 g/mol. The van der Waals surface area contributed by atoms with Gasteiger partial charge in [-0.1, -0.05) is 11.6 Å². The molecule has 0 unspecified atom stereocenters. The predicted molar refractivity (Wildman–Crippen MR) is 192 cm³/mol. The fourth-order valence-electron chi connectivity index (χ4n) is 4.75. The number of nitrogens with one attached hydrogen (secondary N) is 2. The standard InChI is InChI=1S/C35H29ClN4O10S/c1-5-49-26-14-19(6-13-25(26)50-35(43)21-15-27(46-2)31(48-4)28(16-21)47-3)18-37-39-33(41)20-7-9-22(10-8-20)38-34(42)32-30(36)24-12-11-23(40(44)45)17-29(24)51-32/h6-18H,5H2,1-4H3,(H,38,42)(H,39,41)/b37-18-. The molecule has 0 fully saturated rings. The van der Waals surface area contributed by atoms with Gasteiger partial charge in [-0.05, 0) is 73.2 Å². The molecule has 0 saturated carbocycles. The predicted octanol–water partition coefficient (Wildman–Crippen LogP) is 7.12. The summed E-state index contributed by atoms with van der Waals surface area (Å²) in [5.74, 6) is -0.374. The Bertz CT molecular complexity index is 2140. The van der Waals surface area contributed by atoms with Gasteiger partial charge < -0.3 is 29.0 Å². The highest BCUT2D eigenvalue weighted by Gasteiger charge is 2.21. The SMILES string of the molecule is CCOc1cc(/C=N\NC(=O)c2ccc(NC(=O)c3sc4cc([N+](=O)[O-])ccc4c3Cl)cc2)ccc1OC(=O)c1cc(OC)c(OC)c(OC)c1. The van der Waals surface area contributed by atoms with Gasteiger partial charge in [0.2, 0.25) is 5.75 Å². The molecule has 262 valence electrons. The Morgan fingerprint density at radius 3 is 2.20 bits per heavy atom. The minimum atomic E-state index is -0.688. The number of hydrogen-bond acceptors (Lipinski definition) is 12. The maximum Gasteiger partial charge on any atom is 0.343 e. The minimum Gasteiger partial charge on any atom is -0.493 e. The van der Waals surface area contributed by atoms with Crippen LogP contribution in [0.4, 0.5) is 11.4 Å². The number of benzene rings is 4. The fraction of sp³-hybridized carbons (Fsp3) is 0.143. The number of anilines is 1. The first-order chi connectivity index (χ1) is 24.6. The van der Waals surface area contributed by atoms with E-state index in [0.29, 0.717) is 27.1 Å². The van der Waals surface area contributed by atoms with Crippen LogP contribution in [-0.2, 0) is 0 Å². The van der Waals surface area contributed by atoms with Gasteiger partial charge >= 0.3 is 5.97 Å². The Morgan fingerprint density at radius 2 is 1.57 bits per heavy atom. The first-order valence-electron chi connectivity index (χ1n) is 15.0. The van der Waals surface area contributed by atoms with E-state index >= 15 is 0 Å². The maximum atomic E-state index is 13.0. The number of carbonyl (C=O) groups excluding carboxylic acids is 3. The zero-order valence-corrected chi connectivity index (χ0v) is 29.0. The lowest BCUT2D eigenvalue weighted by molar-refractivity contribution is -0.384. The largest absolute Gasteiger partial charge is 0.493 e. The molecule has 0 aliphatic carbocycles. The number of fused-ring (bicyclic) bond motifs is 1. The maximum absolute atomic E-state index is 13.0. The number of nitro groups is 1. The lowest BCUT2D eigenvalue weighted by Crippen LogP contribution is -2.17. The molecule has 4 aromatic carbocycles. The Labute approximate surface area is 299 Å². The van der Waals surface area contributed by atoms with Crippen LogP contribution in [0, 0.1) is 10.1 Å². The molecule has 1 heterocycles. The fourth-order valence-corrected chi connectivity index (χ4v) is 6.20. The van der Waals surface area contributed by atoms with Crippen molar-refractivity contribution in [1.82, 2.24) is 5.43 Å². The number of non-ortho nitro benzene ring substituents is 1. The highest BCUT2D eigenvalue weighted by Crippen LogP contribution is 2.39. The number of thiophene rings is 1. The molecular weight excluding hydrogens is 704 g/mol. The third-order valence-corrected chi connectivity index (χ3v) is 8.84. The molecule has 0 atom stereocenters. The van der Waals surface area contributed by atoms with Gasteiger partial charge in [0.1, 0.15) is 4.88 Å². The third-order valence-electron chi connectivity index (χ3n) is 7.19. The second-order valence-corrected chi connectivity index (χ2v) is 11.8. The number of hydrazone groups is 1. The Kier molecular flexibility index (Phi) is 11.3. The van der Waals surface area contributed by atoms with Crippen LogP contribution < -0.4 is 34.4 Å². The zero-order chi connectivity index (χ0) is 36.7. The molecule has 0 radical (unpaired) electrons. The number of halogens is 1. The number of hydrogen-bond donors (Lipinski definition) is 2. The van der Waals surface area contributed by atoms with Crippen molar-refractivity contribution >= 4 is 68.4 Å². The number of rotatable bonds is 13. The summed E-state index contributed by atoms with van der Waals surface area (Å²) in [5.41, 5.74) is 3.70. The van der Waals surface area contributed by atoms with Gasteiger partial charge in [0.05, 0.1) is 49.7 Å². The summed E-state index contributed by atoms with van der Waals surface area (Å²) in [7, 11) is 4.33. The van der Waals surface area contributed by atoms with Crippen molar-refractivity contribution in [3.05, 3.63) is 110 Å².